The Hall–Kier alpha value is -2.03. The van der Waals surface area contributed by atoms with Crippen molar-refractivity contribution in [3.8, 4) is 0 Å². The number of nitrogens with two attached hydrogens (primary N) is 1. The van der Waals surface area contributed by atoms with Crippen molar-refractivity contribution in [1.82, 2.24) is 5.32 Å². The van der Waals surface area contributed by atoms with Gasteiger partial charge in [0, 0.05) is 24.9 Å². The van der Waals surface area contributed by atoms with Gasteiger partial charge in [-0.2, -0.15) is 0 Å². The number of amides is 1. The smallest absolute Gasteiger partial charge is 0.251 e. The van der Waals surface area contributed by atoms with Gasteiger partial charge in [0.1, 0.15) is 0 Å². The average Bonchev–Trinajstić information content (AvgIpc) is 3.11. The second-order valence-electron chi connectivity index (χ2n) is 10.1. The summed E-state index contributed by atoms with van der Waals surface area (Å²) in [5.74, 6) is -0.305. The molecular weight excluding hydrogens is 648 g/mol. The number of carbonyl (C=O) groups excluding carboxylic acids is 1. The van der Waals surface area contributed by atoms with Gasteiger partial charge in [-0.15, -0.1) is 0 Å². The zero-order valence-corrected chi connectivity index (χ0v) is 29.2. The van der Waals surface area contributed by atoms with E-state index >= 15 is 0 Å². The number of benzene rings is 1. The van der Waals surface area contributed by atoms with Crippen LogP contribution in [0.1, 0.15) is 15.9 Å². The SMILES string of the molecule is COCCOCCOCCOCCOCCOCCOCCOCCOCCOCCOCCOCCNC(=O)c1cc(N)ccc1CO. The lowest BCUT2D eigenvalue weighted by Crippen LogP contribution is -2.28. The molecule has 1 amide bonds. The summed E-state index contributed by atoms with van der Waals surface area (Å²) in [4.78, 5) is 12.3. The van der Waals surface area contributed by atoms with Crippen LogP contribution in [0.5, 0.6) is 0 Å². The lowest BCUT2D eigenvalue weighted by molar-refractivity contribution is -0.0279. The van der Waals surface area contributed by atoms with Gasteiger partial charge in [0.05, 0.1) is 159 Å². The molecule has 4 N–H and O–H groups in total. The van der Waals surface area contributed by atoms with Gasteiger partial charge in [0.15, 0.2) is 0 Å². The number of nitrogens with one attached hydrogen (secondary N) is 1. The monoisotopic (exact) mass is 708 g/mol. The van der Waals surface area contributed by atoms with E-state index in [1.807, 2.05) is 0 Å². The number of hydrogen-bond donors (Lipinski definition) is 3. The summed E-state index contributed by atoms with van der Waals surface area (Å²) in [6, 6.07) is 4.82. The van der Waals surface area contributed by atoms with E-state index < -0.39 is 0 Å². The van der Waals surface area contributed by atoms with E-state index in [1.54, 1.807) is 25.3 Å². The van der Waals surface area contributed by atoms with Crippen molar-refractivity contribution < 1.29 is 66.7 Å². The Labute approximate surface area is 290 Å². The van der Waals surface area contributed by atoms with Gasteiger partial charge >= 0.3 is 0 Å². The predicted octanol–water partition coefficient (Wildman–Crippen LogP) is 0.320. The zero-order chi connectivity index (χ0) is 35.3. The number of rotatable bonds is 38. The molecule has 0 aliphatic rings. The van der Waals surface area contributed by atoms with Crippen molar-refractivity contribution in [3.05, 3.63) is 29.3 Å². The van der Waals surface area contributed by atoms with Crippen LogP contribution in [0.25, 0.3) is 0 Å². The van der Waals surface area contributed by atoms with Gasteiger partial charge in [-0.25, -0.2) is 0 Å². The molecule has 0 fully saturated rings. The molecule has 286 valence electrons. The molecular formula is C33H60N2O14. The van der Waals surface area contributed by atoms with E-state index in [0.29, 0.717) is 175 Å². The van der Waals surface area contributed by atoms with Crippen LogP contribution in [0.15, 0.2) is 18.2 Å². The fourth-order valence-corrected chi connectivity index (χ4v) is 3.72. The Kier molecular flexibility index (Phi) is 32.9. The molecule has 0 bridgehead atoms. The first-order valence-electron chi connectivity index (χ1n) is 16.8. The van der Waals surface area contributed by atoms with Crippen molar-refractivity contribution in [2.24, 2.45) is 0 Å². The number of ether oxygens (including phenoxy) is 12. The molecule has 0 saturated carbocycles. The largest absolute Gasteiger partial charge is 0.399 e. The quantitative estimate of drug-likeness (QED) is 0.0630. The normalized spacial score (nSPS) is 11.4. The molecule has 0 saturated heterocycles. The highest BCUT2D eigenvalue weighted by Crippen LogP contribution is 2.13. The van der Waals surface area contributed by atoms with Gasteiger partial charge in [-0.05, 0) is 17.7 Å². The van der Waals surface area contributed by atoms with Crippen LogP contribution in [-0.4, -0.2) is 177 Å². The Balaban J connectivity index is 1.68. The third-order valence-electron chi connectivity index (χ3n) is 6.23. The first kappa shape index (κ1) is 45.0. The minimum Gasteiger partial charge on any atom is -0.399 e. The second-order valence-corrected chi connectivity index (χ2v) is 10.1. The van der Waals surface area contributed by atoms with Gasteiger partial charge < -0.3 is 73.0 Å². The molecule has 0 aliphatic carbocycles. The first-order valence-corrected chi connectivity index (χ1v) is 16.8. The topological polar surface area (TPSA) is 186 Å². The minimum atomic E-state index is -0.305. The van der Waals surface area contributed by atoms with Crippen molar-refractivity contribution in [2.45, 2.75) is 6.61 Å². The molecule has 49 heavy (non-hydrogen) atoms. The maximum Gasteiger partial charge on any atom is 0.251 e. The predicted molar refractivity (Wildman–Crippen MR) is 180 cm³/mol. The van der Waals surface area contributed by atoms with Crippen molar-refractivity contribution in [1.29, 1.82) is 0 Å². The number of aliphatic hydroxyl groups is 1. The van der Waals surface area contributed by atoms with Gasteiger partial charge in [-0.1, -0.05) is 6.07 Å². The van der Waals surface area contributed by atoms with E-state index in [9.17, 15) is 9.90 Å². The first-order chi connectivity index (χ1) is 24.2. The van der Waals surface area contributed by atoms with Crippen molar-refractivity contribution >= 4 is 11.6 Å². The second kappa shape index (κ2) is 35.8. The molecule has 0 unspecified atom stereocenters. The summed E-state index contributed by atoms with van der Waals surface area (Å²) in [5, 5.41) is 12.1. The number of aliphatic hydroxyl groups excluding tert-OH is 1. The summed E-state index contributed by atoms with van der Waals surface area (Å²) in [6.45, 7) is 11.3. The molecule has 0 spiro atoms. The molecule has 0 atom stereocenters. The van der Waals surface area contributed by atoms with E-state index in [2.05, 4.69) is 5.32 Å². The maximum atomic E-state index is 12.3. The van der Waals surface area contributed by atoms with Crippen LogP contribution in [0.4, 0.5) is 5.69 Å². The van der Waals surface area contributed by atoms with E-state index in [1.165, 1.54) is 0 Å². The summed E-state index contributed by atoms with van der Waals surface area (Å²) >= 11 is 0. The number of anilines is 1. The van der Waals surface area contributed by atoms with E-state index in [0.717, 1.165) is 0 Å². The highest BCUT2D eigenvalue weighted by molar-refractivity contribution is 5.96. The Morgan fingerprint density at radius 2 is 0.837 bits per heavy atom. The third kappa shape index (κ3) is 29.4. The molecule has 1 rings (SSSR count). The molecule has 0 radical (unpaired) electrons. The fraction of sp³-hybridized carbons (Fsp3) is 0.788. The van der Waals surface area contributed by atoms with Crippen LogP contribution in [-0.2, 0) is 63.4 Å². The minimum absolute atomic E-state index is 0.235. The van der Waals surface area contributed by atoms with E-state index in [-0.39, 0.29) is 12.5 Å². The molecule has 0 aliphatic heterocycles. The molecule has 16 heteroatoms. The lowest BCUT2D eigenvalue weighted by Gasteiger charge is -2.10. The Bertz CT molecular complexity index is 871. The summed E-state index contributed by atoms with van der Waals surface area (Å²) in [6.07, 6.45) is 0. The highest BCUT2D eigenvalue weighted by Gasteiger charge is 2.11. The van der Waals surface area contributed by atoms with Crippen LogP contribution in [0.3, 0.4) is 0 Å². The van der Waals surface area contributed by atoms with Crippen molar-refractivity contribution in [2.75, 3.05) is 171 Å². The number of nitrogen functional groups attached to an aromatic ring is 1. The van der Waals surface area contributed by atoms with Gasteiger partial charge in [0.2, 0.25) is 0 Å². The lowest BCUT2D eigenvalue weighted by atomic mass is 10.1. The summed E-state index contributed by atoms with van der Waals surface area (Å²) < 4.78 is 64.7. The number of hydrogen-bond acceptors (Lipinski definition) is 15. The standard InChI is InChI=1S/C33H60N2O14/c1-38-6-7-40-10-11-42-14-15-44-18-19-46-22-23-48-26-27-49-25-24-47-21-20-45-17-16-43-13-12-41-9-8-39-5-4-35-33(37)32-28-31(34)3-2-30(32)29-36/h2-3,28,36H,4-27,29,34H2,1H3,(H,35,37). The molecule has 16 nitrogen and oxygen atoms in total. The van der Waals surface area contributed by atoms with Gasteiger partial charge in [0.25, 0.3) is 5.91 Å². The Morgan fingerprint density at radius 3 is 1.14 bits per heavy atom. The summed E-state index contributed by atoms with van der Waals surface area (Å²) in [5.41, 5.74) is 7.07. The van der Waals surface area contributed by atoms with Crippen LogP contribution >= 0.6 is 0 Å². The van der Waals surface area contributed by atoms with E-state index in [4.69, 9.17) is 62.6 Å². The Morgan fingerprint density at radius 1 is 0.531 bits per heavy atom. The zero-order valence-electron chi connectivity index (χ0n) is 29.2. The van der Waals surface area contributed by atoms with Crippen LogP contribution in [0.2, 0.25) is 0 Å². The molecule has 1 aromatic carbocycles. The average molecular weight is 709 g/mol. The maximum absolute atomic E-state index is 12.3. The van der Waals surface area contributed by atoms with Crippen molar-refractivity contribution in [3.63, 3.8) is 0 Å². The van der Waals surface area contributed by atoms with Crippen LogP contribution in [0, 0.1) is 0 Å². The van der Waals surface area contributed by atoms with Crippen LogP contribution < -0.4 is 11.1 Å². The molecule has 0 aromatic heterocycles. The molecule has 0 heterocycles. The number of carbonyl (C=O) groups is 1. The number of methoxy groups -OCH3 is 1. The highest BCUT2D eigenvalue weighted by atomic mass is 16.6. The third-order valence-corrected chi connectivity index (χ3v) is 6.23. The fourth-order valence-electron chi connectivity index (χ4n) is 3.72. The summed E-state index contributed by atoms with van der Waals surface area (Å²) in [7, 11) is 1.64. The molecule has 1 aromatic rings. The van der Waals surface area contributed by atoms with Gasteiger partial charge in [-0.3, -0.25) is 4.79 Å².